The number of benzene rings is 1. The molecule has 0 aliphatic rings. The molecule has 0 aliphatic heterocycles. The molecular formula is C11H13FN2O4. The predicted octanol–water partition coefficient (Wildman–Crippen LogP) is 2.26. The maximum absolute atomic E-state index is 13.0. The van der Waals surface area contributed by atoms with Crippen molar-refractivity contribution in [3.05, 3.63) is 34.1 Å². The lowest BCUT2D eigenvalue weighted by atomic mass is 9.94. The van der Waals surface area contributed by atoms with Crippen LogP contribution >= 0.6 is 0 Å². The van der Waals surface area contributed by atoms with Gasteiger partial charge < -0.3 is 10.4 Å². The molecule has 0 spiro atoms. The van der Waals surface area contributed by atoms with Gasteiger partial charge in [0.05, 0.1) is 10.3 Å². The summed E-state index contributed by atoms with van der Waals surface area (Å²) in [6, 6.07) is 2.98. The van der Waals surface area contributed by atoms with E-state index in [0.717, 1.165) is 18.2 Å². The number of nitro benzene ring substituents is 1. The number of hydrogen-bond donors (Lipinski definition) is 2. The third-order valence-electron chi connectivity index (χ3n) is 2.46. The summed E-state index contributed by atoms with van der Waals surface area (Å²) < 4.78 is 13.0. The Balaban J connectivity index is 2.94. The minimum Gasteiger partial charge on any atom is -0.481 e. The van der Waals surface area contributed by atoms with E-state index >= 15 is 0 Å². The molecule has 0 saturated heterocycles. The first kappa shape index (κ1) is 13.9. The van der Waals surface area contributed by atoms with E-state index in [1.807, 2.05) is 0 Å². The van der Waals surface area contributed by atoms with Gasteiger partial charge in [0.25, 0.3) is 5.69 Å². The van der Waals surface area contributed by atoms with Crippen LogP contribution < -0.4 is 5.32 Å². The second kappa shape index (κ2) is 4.99. The largest absolute Gasteiger partial charge is 0.481 e. The summed E-state index contributed by atoms with van der Waals surface area (Å²) >= 11 is 0. The van der Waals surface area contributed by atoms with Crippen molar-refractivity contribution in [1.82, 2.24) is 0 Å². The molecule has 0 saturated carbocycles. The van der Waals surface area contributed by atoms with Crippen molar-refractivity contribution in [3.8, 4) is 0 Å². The Hall–Kier alpha value is -2.18. The van der Waals surface area contributed by atoms with Crippen molar-refractivity contribution in [2.45, 2.75) is 13.8 Å². The Morgan fingerprint density at radius 2 is 2.17 bits per heavy atom. The first-order valence-corrected chi connectivity index (χ1v) is 5.15. The molecule has 1 aromatic carbocycles. The summed E-state index contributed by atoms with van der Waals surface area (Å²) in [5, 5.41) is 22.2. The van der Waals surface area contributed by atoms with Crippen LogP contribution in [-0.2, 0) is 4.79 Å². The van der Waals surface area contributed by atoms with E-state index in [1.165, 1.54) is 13.8 Å². The molecular weight excluding hydrogens is 243 g/mol. The Morgan fingerprint density at radius 3 is 2.67 bits per heavy atom. The average Bonchev–Trinajstić information content (AvgIpc) is 2.26. The molecule has 0 radical (unpaired) electrons. The van der Waals surface area contributed by atoms with Gasteiger partial charge in [-0.25, -0.2) is 4.39 Å². The fraction of sp³-hybridized carbons (Fsp3) is 0.364. The SMILES string of the molecule is CC(C)(CNc1cc(F)ccc1[N+](=O)[O-])C(=O)O. The highest BCUT2D eigenvalue weighted by Gasteiger charge is 2.27. The number of halogens is 1. The molecule has 0 atom stereocenters. The number of aliphatic carboxylic acids is 1. The van der Waals surface area contributed by atoms with Gasteiger partial charge in [-0.3, -0.25) is 14.9 Å². The average molecular weight is 256 g/mol. The molecule has 0 heterocycles. The summed E-state index contributed by atoms with van der Waals surface area (Å²) in [5.74, 6) is -1.68. The molecule has 0 unspecified atom stereocenters. The number of anilines is 1. The number of carboxylic acid groups (broad SMARTS) is 1. The number of hydrogen-bond acceptors (Lipinski definition) is 4. The first-order valence-electron chi connectivity index (χ1n) is 5.15. The van der Waals surface area contributed by atoms with Gasteiger partial charge in [0.15, 0.2) is 0 Å². The van der Waals surface area contributed by atoms with Crippen LogP contribution in [0.1, 0.15) is 13.8 Å². The van der Waals surface area contributed by atoms with Crippen LogP contribution in [-0.4, -0.2) is 22.5 Å². The summed E-state index contributed by atoms with van der Waals surface area (Å²) in [7, 11) is 0. The highest BCUT2D eigenvalue weighted by molar-refractivity contribution is 5.75. The van der Waals surface area contributed by atoms with E-state index in [1.54, 1.807) is 0 Å². The smallest absolute Gasteiger partial charge is 0.310 e. The highest BCUT2D eigenvalue weighted by Crippen LogP contribution is 2.26. The minimum absolute atomic E-state index is 0.0330. The Kier molecular flexibility index (Phi) is 3.85. The van der Waals surface area contributed by atoms with Gasteiger partial charge in [-0.05, 0) is 19.9 Å². The Labute approximate surface area is 103 Å². The quantitative estimate of drug-likeness (QED) is 0.622. The van der Waals surface area contributed by atoms with Crippen LogP contribution in [0.3, 0.4) is 0 Å². The van der Waals surface area contributed by atoms with Gasteiger partial charge >= 0.3 is 5.97 Å². The van der Waals surface area contributed by atoms with Gasteiger partial charge in [0.2, 0.25) is 0 Å². The maximum Gasteiger partial charge on any atom is 0.310 e. The number of rotatable bonds is 5. The topological polar surface area (TPSA) is 92.5 Å². The fourth-order valence-corrected chi connectivity index (χ4v) is 1.20. The summed E-state index contributed by atoms with van der Waals surface area (Å²) in [5.41, 5.74) is -1.44. The zero-order chi connectivity index (χ0) is 13.9. The van der Waals surface area contributed by atoms with E-state index in [-0.39, 0.29) is 17.9 Å². The van der Waals surface area contributed by atoms with Crippen LogP contribution in [0.2, 0.25) is 0 Å². The second-order valence-electron chi connectivity index (χ2n) is 4.46. The van der Waals surface area contributed by atoms with Gasteiger partial charge in [-0.15, -0.1) is 0 Å². The highest BCUT2D eigenvalue weighted by atomic mass is 19.1. The lowest BCUT2D eigenvalue weighted by Crippen LogP contribution is -2.31. The zero-order valence-corrected chi connectivity index (χ0v) is 9.94. The number of nitrogens with one attached hydrogen (secondary N) is 1. The van der Waals surface area contributed by atoms with Crippen LogP contribution in [0.5, 0.6) is 0 Å². The molecule has 0 aliphatic carbocycles. The third-order valence-corrected chi connectivity index (χ3v) is 2.46. The summed E-state index contributed by atoms with van der Waals surface area (Å²) in [6.45, 7) is 2.88. The van der Waals surface area contributed by atoms with E-state index < -0.39 is 22.1 Å². The Morgan fingerprint density at radius 1 is 1.56 bits per heavy atom. The fourth-order valence-electron chi connectivity index (χ4n) is 1.20. The van der Waals surface area contributed by atoms with E-state index in [2.05, 4.69) is 5.32 Å². The second-order valence-corrected chi connectivity index (χ2v) is 4.46. The molecule has 1 aromatic rings. The van der Waals surface area contributed by atoms with Crippen molar-refractivity contribution >= 4 is 17.3 Å². The molecule has 98 valence electrons. The monoisotopic (exact) mass is 256 g/mol. The molecule has 2 N–H and O–H groups in total. The van der Waals surface area contributed by atoms with Gasteiger partial charge in [0, 0.05) is 18.7 Å². The first-order chi connectivity index (χ1) is 8.24. The van der Waals surface area contributed by atoms with Gasteiger partial charge in [-0.2, -0.15) is 0 Å². The van der Waals surface area contributed by atoms with E-state index in [4.69, 9.17) is 5.11 Å². The van der Waals surface area contributed by atoms with Gasteiger partial charge in [-0.1, -0.05) is 0 Å². The van der Waals surface area contributed by atoms with Crippen LogP contribution in [0.4, 0.5) is 15.8 Å². The molecule has 18 heavy (non-hydrogen) atoms. The molecule has 6 nitrogen and oxygen atoms in total. The third kappa shape index (κ3) is 3.16. The van der Waals surface area contributed by atoms with Crippen LogP contribution in [0.15, 0.2) is 18.2 Å². The minimum atomic E-state index is -1.11. The zero-order valence-electron chi connectivity index (χ0n) is 9.94. The molecule has 1 rings (SSSR count). The molecule has 0 amide bonds. The van der Waals surface area contributed by atoms with Crippen molar-refractivity contribution in [3.63, 3.8) is 0 Å². The standard InChI is InChI=1S/C11H13FN2O4/c1-11(2,10(15)16)6-13-8-5-7(12)3-4-9(8)14(17)18/h3-5,13H,6H2,1-2H3,(H,15,16). The molecule has 0 bridgehead atoms. The molecule has 0 aromatic heterocycles. The summed E-state index contributed by atoms with van der Waals surface area (Å²) in [6.07, 6.45) is 0. The van der Waals surface area contributed by atoms with Crippen molar-refractivity contribution in [1.29, 1.82) is 0 Å². The Bertz CT molecular complexity index is 488. The van der Waals surface area contributed by atoms with E-state index in [9.17, 15) is 19.3 Å². The number of carboxylic acids is 1. The number of carbonyl (C=O) groups is 1. The maximum atomic E-state index is 13.0. The number of nitrogens with zero attached hydrogens (tertiary/aromatic N) is 1. The lowest BCUT2D eigenvalue weighted by molar-refractivity contribution is -0.384. The van der Waals surface area contributed by atoms with Crippen molar-refractivity contribution < 1.29 is 19.2 Å². The lowest BCUT2D eigenvalue weighted by Gasteiger charge is -2.20. The van der Waals surface area contributed by atoms with Crippen LogP contribution in [0, 0.1) is 21.3 Å². The normalized spacial score (nSPS) is 11.1. The summed E-state index contributed by atoms with van der Waals surface area (Å²) in [4.78, 5) is 20.9. The van der Waals surface area contributed by atoms with E-state index in [0.29, 0.717) is 0 Å². The van der Waals surface area contributed by atoms with Gasteiger partial charge in [0.1, 0.15) is 11.5 Å². The van der Waals surface area contributed by atoms with Crippen molar-refractivity contribution in [2.24, 2.45) is 5.41 Å². The van der Waals surface area contributed by atoms with Crippen molar-refractivity contribution in [2.75, 3.05) is 11.9 Å². The predicted molar refractivity (Wildman–Crippen MR) is 63.0 cm³/mol. The molecule has 0 fully saturated rings. The molecule has 7 heteroatoms. The van der Waals surface area contributed by atoms with Crippen LogP contribution in [0.25, 0.3) is 0 Å². The number of nitro groups is 1.